The lowest BCUT2D eigenvalue weighted by atomic mass is 10.3. The summed E-state index contributed by atoms with van der Waals surface area (Å²) < 4.78 is 5.59. The molecule has 0 aliphatic heterocycles. The number of aromatic nitrogens is 1. The summed E-state index contributed by atoms with van der Waals surface area (Å²) in [5, 5.41) is 3.58. The van der Waals surface area contributed by atoms with E-state index in [2.05, 4.69) is 5.16 Å². The van der Waals surface area contributed by atoms with Crippen molar-refractivity contribution in [1.29, 1.82) is 0 Å². The third-order valence-electron chi connectivity index (χ3n) is 1.12. The standard InChI is InChI=1S/C6H6INO2/c1-3(9)6-5(7)4(2)10-8-6/h1-2H3. The summed E-state index contributed by atoms with van der Waals surface area (Å²) in [5.74, 6) is 0.645. The zero-order chi connectivity index (χ0) is 7.72. The van der Waals surface area contributed by atoms with E-state index in [1.165, 1.54) is 6.92 Å². The van der Waals surface area contributed by atoms with Crippen molar-refractivity contribution in [3.8, 4) is 0 Å². The van der Waals surface area contributed by atoms with Crippen molar-refractivity contribution in [3.05, 3.63) is 15.0 Å². The highest BCUT2D eigenvalue weighted by atomic mass is 127. The Kier molecular flexibility index (Phi) is 2.08. The van der Waals surface area contributed by atoms with Gasteiger partial charge >= 0.3 is 0 Å². The normalized spacial score (nSPS) is 9.90. The Morgan fingerprint density at radius 2 is 2.30 bits per heavy atom. The van der Waals surface area contributed by atoms with Crippen molar-refractivity contribution >= 4 is 28.4 Å². The zero-order valence-electron chi connectivity index (χ0n) is 5.64. The Hall–Kier alpha value is -0.390. The number of Topliss-reactive ketones (excluding diaryl/α,β-unsaturated/α-hetero) is 1. The van der Waals surface area contributed by atoms with E-state index in [-0.39, 0.29) is 5.78 Å². The monoisotopic (exact) mass is 251 g/mol. The van der Waals surface area contributed by atoms with Crippen molar-refractivity contribution in [2.75, 3.05) is 0 Å². The van der Waals surface area contributed by atoms with Gasteiger partial charge in [0.1, 0.15) is 5.76 Å². The molecule has 0 bridgehead atoms. The fourth-order valence-corrected chi connectivity index (χ4v) is 1.16. The number of hydrogen-bond donors (Lipinski definition) is 0. The molecule has 0 saturated heterocycles. The number of carbonyl (C=O) groups is 1. The Labute approximate surface area is 71.9 Å². The van der Waals surface area contributed by atoms with E-state index < -0.39 is 0 Å². The highest BCUT2D eigenvalue weighted by Crippen LogP contribution is 2.15. The molecule has 1 heterocycles. The van der Waals surface area contributed by atoms with E-state index in [4.69, 9.17) is 4.52 Å². The molecule has 0 spiro atoms. The van der Waals surface area contributed by atoms with Gasteiger partial charge in [0.25, 0.3) is 0 Å². The number of rotatable bonds is 1. The summed E-state index contributed by atoms with van der Waals surface area (Å²) in [4.78, 5) is 10.8. The van der Waals surface area contributed by atoms with Crippen molar-refractivity contribution < 1.29 is 9.32 Å². The van der Waals surface area contributed by atoms with Crippen LogP contribution >= 0.6 is 22.6 Å². The largest absolute Gasteiger partial charge is 0.360 e. The molecule has 54 valence electrons. The van der Waals surface area contributed by atoms with Crippen LogP contribution in [0.25, 0.3) is 0 Å². The zero-order valence-corrected chi connectivity index (χ0v) is 7.80. The first-order valence-corrected chi connectivity index (χ1v) is 3.83. The molecule has 0 aliphatic carbocycles. The lowest BCUT2D eigenvalue weighted by Crippen LogP contribution is -1.94. The summed E-state index contributed by atoms with van der Waals surface area (Å²) >= 11 is 2.04. The number of carbonyl (C=O) groups excluding carboxylic acids is 1. The van der Waals surface area contributed by atoms with Crippen LogP contribution in [-0.2, 0) is 0 Å². The maximum atomic E-state index is 10.8. The van der Waals surface area contributed by atoms with E-state index in [0.29, 0.717) is 11.5 Å². The fourth-order valence-electron chi connectivity index (χ4n) is 0.580. The molecule has 10 heavy (non-hydrogen) atoms. The number of hydrogen-bond acceptors (Lipinski definition) is 3. The number of aryl methyl sites for hydroxylation is 1. The van der Waals surface area contributed by atoms with Gasteiger partial charge in [0, 0.05) is 6.92 Å². The van der Waals surface area contributed by atoms with E-state index >= 15 is 0 Å². The second-order valence-corrected chi connectivity index (χ2v) is 3.04. The van der Waals surface area contributed by atoms with Crippen molar-refractivity contribution in [1.82, 2.24) is 5.16 Å². The predicted octanol–water partition coefficient (Wildman–Crippen LogP) is 1.79. The third kappa shape index (κ3) is 1.21. The first-order chi connectivity index (χ1) is 4.63. The molecule has 0 saturated carbocycles. The minimum Gasteiger partial charge on any atom is -0.360 e. The van der Waals surface area contributed by atoms with Crippen LogP contribution in [0.3, 0.4) is 0 Å². The molecular weight excluding hydrogens is 245 g/mol. The Morgan fingerprint density at radius 3 is 2.50 bits per heavy atom. The summed E-state index contributed by atoms with van der Waals surface area (Å²) in [6.07, 6.45) is 0. The van der Waals surface area contributed by atoms with E-state index in [9.17, 15) is 4.79 Å². The molecular formula is C6H6INO2. The molecule has 0 N–H and O–H groups in total. The molecule has 1 aromatic heterocycles. The van der Waals surface area contributed by atoms with Crippen LogP contribution < -0.4 is 0 Å². The van der Waals surface area contributed by atoms with E-state index in [0.717, 1.165) is 3.57 Å². The number of nitrogens with zero attached hydrogens (tertiary/aromatic N) is 1. The minimum absolute atomic E-state index is 0.0544. The maximum absolute atomic E-state index is 10.8. The minimum atomic E-state index is -0.0544. The van der Waals surface area contributed by atoms with Crippen LogP contribution in [0.1, 0.15) is 23.2 Å². The number of halogens is 1. The molecule has 0 aliphatic rings. The lowest BCUT2D eigenvalue weighted by Gasteiger charge is -1.83. The molecule has 0 fully saturated rings. The van der Waals surface area contributed by atoms with Gasteiger partial charge in [-0.05, 0) is 29.5 Å². The lowest BCUT2D eigenvalue weighted by molar-refractivity contribution is 0.100. The van der Waals surface area contributed by atoms with Gasteiger partial charge in [0.05, 0.1) is 3.57 Å². The van der Waals surface area contributed by atoms with Crippen molar-refractivity contribution in [2.24, 2.45) is 0 Å². The van der Waals surface area contributed by atoms with Gasteiger partial charge in [0.15, 0.2) is 11.5 Å². The van der Waals surface area contributed by atoms with Gasteiger partial charge in [-0.3, -0.25) is 4.79 Å². The molecule has 0 amide bonds. The van der Waals surface area contributed by atoms with Gasteiger partial charge < -0.3 is 4.52 Å². The van der Waals surface area contributed by atoms with Crippen LogP contribution in [0.15, 0.2) is 4.52 Å². The second-order valence-electron chi connectivity index (χ2n) is 1.96. The van der Waals surface area contributed by atoms with Gasteiger partial charge in [-0.2, -0.15) is 0 Å². The number of ketones is 1. The highest BCUT2D eigenvalue weighted by Gasteiger charge is 2.12. The van der Waals surface area contributed by atoms with Crippen LogP contribution in [-0.4, -0.2) is 10.9 Å². The van der Waals surface area contributed by atoms with Crippen LogP contribution in [0.4, 0.5) is 0 Å². The van der Waals surface area contributed by atoms with E-state index in [1.54, 1.807) is 6.92 Å². The van der Waals surface area contributed by atoms with Gasteiger partial charge in [-0.15, -0.1) is 0 Å². The first-order valence-electron chi connectivity index (χ1n) is 2.75. The van der Waals surface area contributed by atoms with Gasteiger partial charge in [-0.1, -0.05) is 5.16 Å². The fraction of sp³-hybridized carbons (Fsp3) is 0.333. The predicted molar refractivity (Wildman–Crippen MR) is 44.0 cm³/mol. The van der Waals surface area contributed by atoms with E-state index in [1.807, 2.05) is 22.6 Å². The summed E-state index contributed by atoms with van der Waals surface area (Å²) in [6.45, 7) is 3.25. The van der Waals surface area contributed by atoms with Crippen LogP contribution in [0.5, 0.6) is 0 Å². The summed E-state index contributed by atoms with van der Waals surface area (Å²) in [7, 11) is 0. The highest BCUT2D eigenvalue weighted by molar-refractivity contribution is 14.1. The molecule has 1 rings (SSSR count). The molecule has 1 aromatic rings. The Bertz CT molecular complexity index is 267. The molecule has 0 radical (unpaired) electrons. The van der Waals surface area contributed by atoms with Gasteiger partial charge in [0.2, 0.25) is 0 Å². The quantitative estimate of drug-likeness (QED) is 0.564. The van der Waals surface area contributed by atoms with Crippen molar-refractivity contribution in [3.63, 3.8) is 0 Å². The maximum Gasteiger partial charge on any atom is 0.182 e. The second kappa shape index (κ2) is 2.69. The molecule has 0 aromatic carbocycles. The molecule has 4 heteroatoms. The van der Waals surface area contributed by atoms with Crippen molar-refractivity contribution in [2.45, 2.75) is 13.8 Å². The van der Waals surface area contributed by atoms with Crippen LogP contribution in [0, 0.1) is 10.5 Å². The molecule has 3 nitrogen and oxygen atoms in total. The van der Waals surface area contributed by atoms with Gasteiger partial charge in [-0.25, -0.2) is 0 Å². The average Bonchev–Trinajstić information content (AvgIpc) is 2.14. The average molecular weight is 251 g/mol. The first kappa shape index (κ1) is 7.71. The molecule has 0 unspecified atom stereocenters. The topological polar surface area (TPSA) is 43.1 Å². The SMILES string of the molecule is CC(=O)c1noc(C)c1I. The Morgan fingerprint density at radius 1 is 1.70 bits per heavy atom. The summed E-state index contributed by atoms with van der Waals surface area (Å²) in [6, 6.07) is 0. The molecule has 0 atom stereocenters. The van der Waals surface area contributed by atoms with Crippen LogP contribution in [0.2, 0.25) is 0 Å². The Balaban J connectivity index is 3.17. The smallest absolute Gasteiger partial charge is 0.182 e. The summed E-state index contributed by atoms with van der Waals surface area (Å²) in [5.41, 5.74) is 0.429. The third-order valence-corrected chi connectivity index (χ3v) is 2.39.